The van der Waals surface area contributed by atoms with Gasteiger partial charge in [-0.3, -0.25) is 19.8 Å². The maximum Gasteiger partial charge on any atom is 0.234 e. The average molecular weight is 473 g/mol. The maximum atomic E-state index is 14.5. The Labute approximate surface area is 202 Å². The minimum atomic E-state index is -0.521. The molecule has 2 aromatic carbocycles. The highest BCUT2D eigenvalue weighted by molar-refractivity contribution is 5.78. The second-order valence-electron chi connectivity index (χ2n) is 8.35. The number of amides is 1. The molecule has 1 unspecified atom stereocenters. The average Bonchev–Trinajstić information content (AvgIpc) is 3.26. The van der Waals surface area contributed by atoms with Crippen LogP contribution in [-0.4, -0.2) is 50.6 Å². The van der Waals surface area contributed by atoms with Gasteiger partial charge in [0.05, 0.1) is 6.54 Å². The van der Waals surface area contributed by atoms with Crippen molar-refractivity contribution in [2.45, 2.75) is 19.1 Å². The van der Waals surface area contributed by atoms with Gasteiger partial charge in [-0.15, -0.1) is 0 Å². The van der Waals surface area contributed by atoms with Crippen LogP contribution in [0.1, 0.15) is 23.1 Å². The van der Waals surface area contributed by atoms with Gasteiger partial charge in [0.15, 0.2) is 5.82 Å². The van der Waals surface area contributed by atoms with Gasteiger partial charge in [0, 0.05) is 55.1 Å². The third-order valence-electron chi connectivity index (χ3n) is 5.81. The van der Waals surface area contributed by atoms with Crippen molar-refractivity contribution in [1.29, 1.82) is 0 Å². The minimum absolute atomic E-state index is 0.122. The van der Waals surface area contributed by atoms with Crippen LogP contribution in [0.4, 0.5) is 4.39 Å². The summed E-state index contributed by atoms with van der Waals surface area (Å²) in [5.41, 5.74) is 2.26. The number of aromatic nitrogens is 4. The van der Waals surface area contributed by atoms with E-state index in [-0.39, 0.29) is 18.3 Å². The van der Waals surface area contributed by atoms with Crippen molar-refractivity contribution >= 4 is 5.91 Å². The molecule has 0 spiro atoms. The van der Waals surface area contributed by atoms with Crippen LogP contribution in [0.15, 0.2) is 73.1 Å². The fourth-order valence-electron chi connectivity index (χ4n) is 4.11. The number of carbonyl (C=O) groups is 1. The Bertz CT molecular complexity index is 1300. The van der Waals surface area contributed by atoms with Gasteiger partial charge in [-0.1, -0.05) is 36.4 Å². The highest BCUT2D eigenvalue weighted by Gasteiger charge is 2.27. The molecule has 0 fully saturated rings. The number of carbonyl (C=O) groups excluding carboxylic acids is 1. The summed E-state index contributed by atoms with van der Waals surface area (Å²) in [6, 6.07) is 18.0. The maximum absolute atomic E-state index is 14.5. The van der Waals surface area contributed by atoms with Crippen molar-refractivity contribution in [3.63, 3.8) is 0 Å². The van der Waals surface area contributed by atoms with Gasteiger partial charge in [0.2, 0.25) is 5.91 Å². The number of nitrogens with one attached hydrogen (secondary N) is 2. The number of ether oxygens (including phenoxy) is 1. The van der Waals surface area contributed by atoms with Crippen molar-refractivity contribution in [2.75, 3.05) is 19.6 Å². The molecule has 35 heavy (non-hydrogen) atoms. The van der Waals surface area contributed by atoms with Crippen LogP contribution in [-0.2, 0) is 17.8 Å². The summed E-state index contributed by atoms with van der Waals surface area (Å²) in [4.78, 5) is 23.3. The lowest BCUT2D eigenvalue weighted by Gasteiger charge is -2.24. The number of para-hydroxylation sites is 1. The molecule has 2 aromatic heterocycles. The van der Waals surface area contributed by atoms with E-state index in [2.05, 4.69) is 25.5 Å². The third-order valence-corrected chi connectivity index (χ3v) is 5.81. The molecular formula is C26H25FN6O2. The van der Waals surface area contributed by atoms with Crippen LogP contribution >= 0.6 is 0 Å². The summed E-state index contributed by atoms with van der Waals surface area (Å²) < 4.78 is 20.7. The summed E-state index contributed by atoms with van der Waals surface area (Å²) >= 11 is 0. The molecule has 4 aromatic rings. The van der Waals surface area contributed by atoms with Crippen molar-refractivity contribution in [1.82, 2.24) is 30.4 Å². The van der Waals surface area contributed by atoms with E-state index in [0.717, 1.165) is 11.1 Å². The van der Waals surface area contributed by atoms with Crippen LogP contribution in [0.2, 0.25) is 0 Å². The van der Waals surface area contributed by atoms with E-state index in [1.807, 2.05) is 41.3 Å². The second kappa shape index (κ2) is 10.4. The van der Waals surface area contributed by atoms with Crippen LogP contribution in [0.25, 0.3) is 11.4 Å². The second-order valence-corrected chi connectivity index (χ2v) is 8.35. The summed E-state index contributed by atoms with van der Waals surface area (Å²) in [5, 5.41) is 10.1. The molecular weight excluding hydrogens is 447 g/mol. The lowest BCUT2D eigenvalue weighted by atomic mass is 10.1. The Balaban J connectivity index is 1.20. The first-order valence-corrected chi connectivity index (χ1v) is 11.5. The molecule has 178 valence electrons. The molecule has 1 aliphatic heterocycles. The number of halogens is 1. The number of benzene rings is 2. The van der Waals surface area contributed by atoms with E-state index in [0.29, 0.717) is 49.0 Å². The standard InChI is InChI=1S/C26H25FN6O2/c27-21-9-3-2-8-20(21)23-16-33(15-19-6-1-4-10-22(19)35-23)17-25(34)29-13-11-24-30-26(32-31-24)18-7-5-12-28-14-18/h1-10,12,14,23H,11,13,15-17H2,(H,29,34)(H,30,31,32). The number of aromatic amines is 1. The number of rotatable bonds is 7. The Kier molecular flexibility index (Phi) is 6.76. The number of fused-ring (bicyclic) bond motifs is 1. The Morgan fingerprint density at radius 1 is 1.14 bits per heavy atom. The van der Waals surface area contributed by atoms with Crippen molar-refractivity contribution in [3.05, 3.63) is 95.8 Å². The molecule has 5 rings (SSSR count). The molecule has 0 aliphatic carbocycles. The van der Waals surface area contributed by atoms with Crippen LogP contribution < -0.4 is 10.1 Å². The predicted octanol–water partition coefficient (Wildman–Crippen LogP) is 3.30. The first-order valence-electron chi connectivity index (χ1n) is 11.5. The Morgan fingerprint density at radius 3 is 2.86 bits per heavy atom. The Morgan fingerprint density at radius 2 is 2.00 bits per heavy atom. The van der Waals surface area contributed by atoms with Crippen LogP contribution in [0.5, 0.6) is 5.75 Å². The van der Waals surface area contributed by atoms with E-state index >= 15 is 0 Å². The van der Waals surface area contributed by atoms with Crippen molar-refractivity contribution in [2.24, 2.45) is 0 Å². The number of pyridine rings is 1. The molecule has 0 radical (unpaired) electrons. The van der Waals surface area contributed by atoms with Crippen LogP contribution in [0.3, 0.4) is 0 Å². The summed E-state index contributed by atoms with van der Waals surface area (Å²) in [5.74, 6) is 1.52. The van der Waals surface area contributed by atoms with Gasteiger partial charge in [0.25, 0.3) is 0 Å². The largest absolute Gasteiger partial charge is 0.484 e. The molecule has 9 heteroatoms. The summed E-state index contributed by atoms with van der Waals surface area (Å²) in [6.45, 7) is 1.50. The number of hydrogen-bond acceptors (Lipinski definition) is 6. The van der Waals surface area contributed by atoms with E-state index in [4.69, 9.17) is 4.74 Å². The zero-order valence-corrected chi connectivity index (χ0v) is 19.0. The quantitative estimate of drug-likeness (QED) is 0.429. The van der Waals surface area contributed by atoms with Gasteiger partial charge < -0.3 is 10.1 Å². The van der Waals surface area contributed by atoms with E-state index in [1.54, 1.807) is 30.6 Å². The number of H-pyrrole nitrogens is 1. The minimum Gasteiger partial charge on any atom is -0.484 e. The van der Waals surface area contributed by atoms with Gasteiger partial charge in [0.1, 0.15) is 23.5 Å². The zero-order valence-electron chi connectivity index (χ0n) is 19.0. The molecule has 8 nitrogen and oxygen atoms in total. The SMILES string of the molecule is O=C(CN1Cc2ccccc2OC(c2ccccc2F)C1)NCCc1nc(-c2cccnc2)n[nH]1. The van der Waals surface area contributed by atoms with Crippen molar-refractivity contribution in [3.8, 4) is 17.1 Å². The molecule has 1 aliphatic rings. The van der Waals surface area contributed by atoms with E-state index in [1.165, 1.54) is 6.07 Å². The van der Waals surface area contributed by atoms with Crippen LogP contribution in [0, 0.1) is 5.82 Å². The molecule has 1 atom stereocenters. The molecule has 3 heterocycles. The molecule has 0 bridgehead atoms. The lowest BCUT2D eigenvalue weighted by molar-refractivity contribution is -0.122. The number of nitrogens with zero attached hydrogens (tertiary/aromatic N) is 4. The monoisotopic (exact) mass is 472 g/mol. The number of hydrogen-bond donors (Lipinski definition) is 2. The predicted molar refractivity (Wildman–Crippen MR) is 128 cm³/mol. The van der Waals surface area contributed by atoms with Gasteiger partial charge >= 0.3 is 0 Å². The normalized spacial score (nSPS) is 15.6. The Hall–Kier alpha value is -4.11. The van der Waals surface area contributed by atoms with E-state index < -0.39 is 6.10 Å². The summed E-state index contributed by atoms with van der Waals surface area (Å²) in [6.07, 6.45) is 3.39. The summed E-state index contributed by atoms with van der Waals surface area (Å²) in [7, 11) is 0. The molecule has 2 N–H and O–H groups in total. The highest BCUT2D eigenvalue weighted by atomic mass is 19.1. The van der Waals surface area contributed by atoms with Crippen molar-refractivity contribution < 1.29 is 13.9 Å². The topological polar surface area (TPSA) is 96.0 Å². The molecule has 0 saturated carbocycles. The third kappa shape index (κ3) is 5.52. The first kappa shape index (κ1) is 22.7. The highest BCUT2D eigenvalue weighted by Crippen LogP contribution is 2.31. The lowest BCUT2D eigenvalue weighted by Crippen LogP contribution is -2.39. The van der Waals surface area contributed by atoms with Gasteiger partial charge in [-0.05, 0) is 24.3 Å². The zero-order chi connectivity index (χ0) is 24.0. The van der Waals surface area contributed by atoms with E-state index in [9.17, 15) is 9.18 Å². The fourth-order valence-corrected chi connectivity index (χ4v) is 4.11. The van der Waals surface area contributed by atoms with Gasteiger partial charge in [-0.2, -0.15) is 5.10 Å². The fraction of sp³-hybridized carbons (Fsp3) is 0.231. The smallest absolute Gasteiger partial charge is 0.234 e. The first-order chi connectivity index (χ1) is 17.2. The van der Waals surface area contributed by atoms with Gasteiger partial charge in [-0.25, -0.2) is 9.37 Å². The molecule has 1 amide bonds. The molecule has 0 saturated heterocycles.